The molecule has 2 aromatic carbocycles. The lowest BCUT2D eigenvalue weighted by molar-refractivity contribution is -0.133. The average molecular weight is 375 g/mol. The molecule has 0 saturated carbocycles. The molecule has 28 heavy (non-hydrogen) atoms. The monoisotopic (exact) mass is 375 g/mol. The standard InChI is InChI=1S/C24H25NO3/c1-15-5-9-17(10-6-15)24(28)22(27)21-19(13-23(3,4)14-20(21)26)25(24)18-11-7-16(2)8-12-18/h5-12,28H,13-14H2,1-4H3. The van der Waals surface area contributed by atoms with Gasteiger partial charge in [0.05, 0.1) is 5.57 Å². The summed E-state index contributed by atoms with van der Waals surface area (Å²) in [4.78, 5) is 28.0. The quantitative estimate of drug-likeness (QED) is 0.800. The van der Waals surface area contributed by atoms with Crippen LogP contribution in [0.5, 0.6) is 0 Å². The number of anilines is 1. The average Bonchev–Trinajstić information content (AvgIpc) is 2.84. The van der Waals surface area contributed by atoms with Crippen molar-refractivity contribution < 1.29 is 14.7 Å². The van der Waals surface area contributed by atoms with Gasteiger partial charge in [-0.15, -0.1) is 0 Å². The van der Waals surface area contributed by atoms with Gasteiger partial charge in [-0.3, -0.25) is 9.59 Å². The molecular weight excluding hydrogens is 350 g/mol. The number of carbonyl (C=O) groups excluding carboxylic acids is 2. The van der Waals surface area contributed by atoms with Crippen molar-refractivity contribution in [1.82, 2.24) is 0 Å². The molecule has 1 heterocycles. The van der Waals surface area contributed by atoms with Crippen molar-refractivity contribution in [3.63, 3.8) is 0 Å². The third-order valence-corrected chi connectivity index (χ3v) is 5.74. The van der Waals surface area contributed by atoms with E-state index in [0.29, 0.717) is 29.8 Å². The lowest BCUT2D eigenvalue weighted by Gasteiger charge is -2.38. The highest BCUT2D eigenvalue weighted by molar-refractivity contribution is 6.27. The van der Waals surface area contributed by atoms with Crippen molar-refractivity contribution in [3.8, 4) is 0 Å². The molecule has 1 aliphatic carbocycles. The second-order valence-electron chi connectivity index (χ2n) is 8.80. The second kappa shape index (κ2) is 6.14. The first kappa shape index (κ1) is 18.6. The smallest absolute Gasteiger partial charge is 0.234 e. The van der Waals surface area contributed by atoms with Crippen LogP contribution in [0.25, 0.3) is 0 Å². The number of ketones is 2. The Labute approximate surface area is 165 Å². The summed E-state index contributed by atoms with van der Waals surface area (Å²) in [5, 5.41) is 11.8. The molecule has 0 amide bonds. The summed E-state index contributed by atoms with van der Waals surface area (Å²) in [5.74, 6) is -0.705. The topological polar surface area (TPSA) is 57.6 Å². The van der Waals surface area contributed by atoms with Crippen molar-refractivity contribution in [2.75, 3.05) is 4.90 Å². The van der Waals surface area contributed by atoms with E-state index in [0.717, 1.165) is 11.1 Å². The van der Waals surface area contributed by atoms with Crippen molar-refractivity contribution in [1.29, 1.82) is 0 Å². The summed E-state index contributed by atoms with van der Waals surface area (Å²) >= 11 is 0. The molecule has 4 rings (SSSR count). The highest BCUT2D eigenvalue weighted by atomic mass is 16.3. The Bertz CT molecular complexity index is 999. The zero-order valence-corrected chi connectivity index (χ0v) is 16.7. The largest absolute Gasteiger partial charge is 0.360 e. The number of benzene rings is 2. The molecule has 0 bridgehead atoms. The number of Topliss-reactive ketones (excluding diaryl/α,β-unsaturated/α-hetero) is 2. The lowest BCUT2D eigenvalue weighted by Crippen LogP contribution is -2.47. The van der Waals surface area contributed by atoms with Crippen LogP contribution in [0.15, 0.2) is 59.8 Å². The van der Waals surface area contributed by atoms with E-state index < -0.39 is 11.5 Å². The summed E-state index contributed by atoms with van der Waals surface area (Å²) in [5.41, 5.74) is 1.90. The number of aliphatic hydroxyl groups is 1. The molecule has 1 aliphatic heterocycles. The van der Waals surface area contributed by atoms with E-state index in [4.69, 9.17) is 0 Å². The fraction of sp³-hybridized carbons (Fsp3) is 0.333. The molecule has 4 nitrogen and oxygen atoms in total. The highest BCUT2D eigenvalue weighted by Gasteiger charge is 2.57. The number of aryl methyl sites for hydroxylation is 2. The van der Waals surface area contributed by atoms with Crippen LogP contribution in [0.1, 0.15) is 43.4 Å². The Kier molecular flexibility index (Phi) is 4.09. The normalized spacial score (nSPS) is 24.0. The molecule has 0 fully saturated rings. The van der Waals surface area contributed by atoms with Crippen LogP contribution >= 0.6 is 0 Å². The molecule has 144 valence electrons. The zero-order valence-electron chi connectivity index (χ0n) is 16.7. The number of rotatable bonds is 2. The van der Waals surface area contributed by atoms with Crippen molar-refractivity contribution in [2.45, 2.75) is 46.3 Å². The summed E-state index contributed by atoms with van der Waals surface area (Å²) in [6.45, 7) is 7.99. The van der Waals surface area contributed by atoms with Crippen LogP contribution < -0.4 is 4.90 Å². The van der Waals surface area contributed by atoms with E-state index in [2.05, 4.69) is 0 Å². The molecule has 0 aromatic heterocycles. The van der Waals surface area contributed by atoms with Gasteiger partial charge in [-0.1, -0.05) is 61.4 Å². The van der Waals surface area contributed by atoms with E-state index in [1.165, 1.54) is 0 Å². The minimum Gasteiger partial charge on any atom is -0.360 e. The maximum absolute atomic E-state index is 13.4. The van der Waals surface area contributed by atoms with Gasteiger partial charge < -0.3 is 10.0 Å². The predicted molar refractivity (Wildman–Crippen MR) is 109 cm³/mol. The Morgan fingerprint density at radius 1 is 0.857 bits per heavy atom. The van der Waals surface area contributed by atoms with Crippen LogP contribution in [-0.2, 0) is 15.3 Å². The van der Waals surface area contributed by atoms with Gasteiger partial charge >= 0.3 is 0 Å². The molecule has 1 unspecified atom stereocenters. The van der Waals surface area contributed by atoms with Crippen molar-refractivity contribution in [3.05, 3.63) is 76.5 Å². The number of hydrogen-bond acceptors (Lipinski definition) is 4. The molecule has 2 aliphatic rings. The number of nitrogens with zero attached hydrogens (tertiary/aromatic N) is 1. The minimum absolute atomic E-state index is 0.156. The van der Waals surface area contributed by atoms with Gasteiger partial charge in [0.25, 0.3) is 0 Å². The van der Waals surface area contributed by atoms with E-state index >= 15 is 0 Å². The molecular formula is C24H25NO3. The van der Waals surface area contributed by atoms with E-state index in [1.54, 1.807) is 17.0 Å². The zero-order chi connectivity index (χ0) is 20.3. The second-order valence-corrected chi connectivity index (χ2v) is 8.80. The van der Waals surface area contributed by atoms with E-state index in [-0.39, 0.29) is 16.8 Å². The summed E-state index contributed by atoms with van der Waals surface area (Å²) < 4.78 is 0. The van der Waals surface area contributed by atoms with E-state index in [1.807, 2.05) is 64.1 Å². The SMILES string of the molecule is Cc1ccc(N2C3=C(C(=O)CC(C)(C)C3)C(=O)C2(O)c2ccc(C)cc2)cc1. The van der Waals surface area contributed by atoms with Crippen LogP contribution in [0.3, 0.4) is 0 Å². The Balaban J connectivity index is 1.96. The lowest BCUT2D eigenvalue weighted by atomic mass is 9.75. The Morgan fingerprint density at radius 2 is 1.39 bits per heavy atom. The van der Waals surface area contributed by atoms with Gasteiger partial charge in [0.2, 0.25) is 11.5 Å². The maximum atomic E-state index is 13.4. The first-order valence-corrected chi connectivity index (χ1v) is 9.61. The van der Waals surface area contributed by atoms with Crippen LogP contribution in [0.4, 0.5) is 5.69 Å². The summed E-state index contributed by atoms with van der Waals surface area (Å²) in [6, 6.07) is 15.0. The summed E-state index contributed by atoms with van der Waals surface area (Å²) in [7, 11) is 0. The fourth-order valence-electron chi connectivity index (χ4n) is 4.29. The van der Waals surface area contributed by atoms with Gasteiger partial charge in [0.15, 0.2) is 5.78 Å². The van der Waals surface area contributed by atoms with Crippen molar-refractivity contribution >= 4 is 17.3 Å². The van der Waals surface area contributed by atoms with Gasteiger partial charge in [-0.25, -0.2) is 0 Å². The van der Waals surface area contributed by atoms with Crippen molar-refractivity contribution in [2.24, 2.45) is 5.41 Å². The van der Waals surface area contributed by atoms with Gasteiger partial charge in [0.1, 0.15) is 0 Å². The predicted octanol–water partition coefficient (Wildman–Crippen LogP) is 4.18. The van der Waals surface area contributed by atoms with Gasteiger partial charge in [0, 0.05) is 23.4 Å². The molecule has 1 N–H and O–H groups in total. The maximum Gasteiger partial charge on any atom is 0.234 e. The van der Waals surface area contributed by atoms with Gasteiger partial charge in [-0.05, 0) is 37.8 Å². The molecule has 1 atom stereocenters. The molecule has 2 aromatic rings. The fourth-order valence-corrected chi connectivity index (χ4v) is 4.29. The third-order valence-electron chi connectivity index (χ3n) is 5.74. The van der Waals surface area contributed by atoms with Crippen LogP contribution in [0.2, 0.25) is 0 Å². The molecule has 4 heteroatoms. The number of hydrogen-bond donors (Lipinski definition) is 1. The first-order valence-electron chi connectivity index (χ1n) is 9.61. The minimum atomic E-state index is -1.91. The number of allylic oxidation sites excluding steroid dienone is 1. The van der Waals surface area contributed by atoms with E-state index in [9.17, 15) is 14.7 Å². The molecule has 0 spiro atoms. The number of carbonyl (C=O) groups is 2. The van der Waals surface area contributed by atoms with Crippen LogP contribution in [-0.4, -0.2) is 16.7 Å². The first-order chi connectivity index (χ1) is 13.1. The Morgan fingerprint density at radius 3 is 1.96 bits per heavy atom. The molecule has 0 saturated heterocycles. The summed E-state index contributed by atoms with van der Waals surface area (Å²) in [6.07, 6.45) is 0.866. The van der Waals surface area contributed by atoms with Gasteiger partial charge in [-0.2, -0.15) is 0 Å². The third kappa shape index (κ3) is 2.71. The Hall–Kier alpha value is -2.72. The highest BCUT2D eigenvalue weighted by Crippen LogP contribution is 2.50. The molecule has 0 radical (unpaired) electrons. The van der Waals surface area contributed by atoms with Crippen LogP contribution in [0, 0.1) is 19.3 Å².